The summed E-state index contributed by atoms with van der Waals surface area (Å²) in [5, 5.41) is 10.5. The molecule has 1 saturated carbocycles. The predicted octanol–water partition coefficient (Wildman–Crippen LogP) is 5.22. The molecule has 32 heavy (non-hydrogen) atoms. The highest BCUT2D eigenvalue weighted by molar-refractivity contribution is 5.99. The molecule has 0 spiro atoms. The van der Waals surface area contributed by atoms with Crippen molar-refractivity contribution < 1.29 is 9.90 Å². The lowest BCUT2D eigenvalue weighted by molar-refractivity contribution is 0.0191. The van der Waals surface area contributed by atoms with Crippen LogP contribution in [0.2, 0.25) is 0 Å². The molecule has 164 valence electrons. The van der Waals surface area contributed by atoms with Gasteiger partial charge in [0.2, 0.25) is 0 Å². The van der Waals surface area contributed by atoms with Crippen LogP contribution >= 0.6 is 0 Å². The van der Waals surface area contributed by atoms with Crippen LogP contribution in [-0.4, -0.2) is 33.0 Å². The van der Waals surface area contributed by atoms with Crippen LogP contribution in [0.25, 0.3) is 11.1 Å². The summed E-state index contributed by atoms with van der Waals surface area (Å²) in [4.78, 5) is 19.4. The Morgan fingerprint density at radius 1 is 1.00 bits per heavy atom. The number of rotatable bonds is 4. The molecular formula is C28H30N2O2. The molecular weight excluding hydrogens is 396 g/mol. The topological polar surface area (TPSA) is 53.4 Å². The van der Waals surface area contributed by atoms with Gasteiger partial charge < -0.3 is 10.0 Å². The van der Waals surface area contributed by atoms with Gasteiger partial charge in [-0.1, -0.05) is 43.2 Å². The van der Waals surface area contributed by atoms with Gasteiger partial charge in [0.1, 0.15) is 0 Å². The summed E-state index contributed by atoms with van der Waals surface area (Å²) in [6.45, 7) is 4.76. The van der Waals surface area contributed by atoms with Gasteiger partial charge in [-0.15, -0.1) is 0 Å². The van der Waals surface area contributed by atoms with Gasteiger partial charge in [0.05, 0.1) is 12.1 Å². The molecule has 2 atom stereocenters. The van der Waals surface area contributed by atoms with Gasteiger partial charge in [0.25, 0.3) is 5.91 Å². The maximum Gasteiger partial charge on any atom is 0.254 e. The van der Waals surface area contributed by atoms with Crippen molar-refractivity contribution in [2.24, 2.45) is 0 Å². The Kier molecular flexibility index (Phi) is 5.56. The van der Waals surface area contributed by atoms with E-state index in [0.29, 0.717) is 6.54 Å². The Morgan fingerprint density at radius 3 is 2.53 bits per heavy atom. The van der Waals surface area contributed by atoms with E-state index < -0.39 is 6.10 Å². The SMILES string of the molecule is Cc1cc(-c2ccc(Cc3cc4c(cc3C)CN([C@H]3CCCC[C@@H]3O)C4=O)cc2)ccn1. The summed E-state index contributed by atoms with van der Waals surface area (Å²) in [7, 11) is 0. The molecule has 4 nitrogen and oxygen atoms in total. The molecule has 2 aliphatic rings. The van der Waals surface area contributed by atoms with Crippen LogP contribution < -0.4 is 0 Å². The summed E-state index contributed by atoms with van der Waals surface area (Å²) in [6, 6.07) is 17.0. The fourth-order valence-corrected chi connectivity index (χ4v) is 5.23. The fraction of sp³-hybridized carbons (Fsp3) is 0.357. The zero-order valence-corrected chi connectivity index (χ0v) is 18.8. The van der Waals surface area contributed by atoms with Crippen molar-refractivity contribution in [2.75, 3.05) is 0 Å². The number of nitrogens with zero attached hydrogens (tertiary/aromatic N) is 2. The van der Waals surface area contributed by atoms with Crippen LogP contribution in [0.15, 0.2) is 54.7 Å². The molecule has 1 amide bonds. The number of aliphatic hydroxyl groups excluding tert-OH is 1. The van der Waals surface area contributed by atoms with E-state index in [0.717, 1.165) is 48.9 Å². The van der Waals surface area contributed by atoms with Crippen LogP contribution in [0, 0.1) is 13.8 Å². The molecule has 0 bridgehead atoms. The molecule has 1 N–H and O–H groups in total. The number of hydrogen-bond acceptors (Lipinski definition) is 3. The van der Waals surface area contributed by atoms with E-state index in [-0.39, 0.29) is 11.9 Å². The molecule has 1 aromatic heterocycles. The van der Waals surface area contributed by atoms with E-state index in [2.05, 4.69) is 54.4 Å². The first-order chi connectivity index (χ1) is 15.5. The van der Waals surface area contributed by atoms with Gasteiger partial charge in [0.15, 0.2) is 0 Å². The first kappa shape index (κ1) is 20.9. The van der Waals surface area contributed by atoms with E-state index in [1.54, 1.807) is 0 Å². The van der Waals surface area contributed by atoms with E-state index >= 15 is 0 Å². The van der Waals surface area contributed by atoms with Crippen molar-refractivity contribution in [3.05, 3.63) is 88.2 Å². The lowest BCUT2D eigenvalue weighted by Crippen LogP contribution is -2.45. The van der Waals surface area contributed by atoms with Gasteiger partial charge in [-0.25, -0.2) is 0 Å². The maximum absolute atomic E-state index is 13.2. The Labute approximate surface area is 189 Å². The Balaban J connectivity index is 1.36. The third-order valence-electron chi connectivity index (χ3n) is 7.07. The van der Waals surface area contributed by atoms with Crippen molar-refractivity contribution in [1.82, 2.24) is 9.88 Å². The largest absolute Gasteiger partial charge is 0.391 e. The minimum atomic E-state index is -0.398. The Hall–Kier alpha value is -2.98. The third kappa shape index (κ3) is 3.95. The highest BCUT2D eigenvalue weighted by Crippen LogP contribution is 2.33. The van der Waals surface area contributed by atoms with Crippen LogP contribution in [0.5, 0.6) is 0 Å². The Bertz CT molecular complexity index is 1150. The molecule has 5 rings (SSSR count). The summed E-state index contributed by atoms with van der Waals surface area (Å²) >= 11 is 0. The summed E-state index contributed by atoms with van der Waals surface area (Å²) < 4.78 is 0. The van der Waals surface area contributed by atoms with Crippen molar-refractivity contribution in [1.29, 1.82) is 0 Å². The van der Waals surface area contributed by atoms with E-state index in [4.69, 9.17) is 0 Å². The van der Waals surface area contributed by atoms with Gasteiger partial charge in [-0.2, -0.15) is 0 Å². The second kappa shape index (κ2) is 8.51. The molecule has 1 aliphatic heterocycles. The van der Waals surface area contributed by atoms with Crippen LogP contribution in [0.1, 0.15) is 64.0 Å². The monoisotopic (exact) mass is 426 g/mol. The molecule has 3 aromatic rings. The van der Waals surface area contributed by atoms with Gasteiger partial charge in [-0.05, 0) is 84.7 Å². The summed E-state index contributed by atoms with van der Waals surface area (Å²) in [6.07, 6.45) is 6.08. The van der Waals surface area contributed by atoms with Crippen LogP contribution in [-0.2, 0) is 13.0 Å². The van der Waals surface area contributed by atoms with E-state index in [9.17, 15) is 9.90 Å². The van der Waals surface area contributed by atoms with Crippen LogP contribution in [0.3, 0.4) is 0 Å². The average molecular weight is 427 g/mol. The Morgan fingerprint density at radius 2 is 1.78 bits per heavy atom. The normalized spacial score (nSPS) is 20.5. The number of fused-ring (bicyclic) bond motifs is 1. The number of aromatic nitrogens is 1. The van der Waals surface area contributed by atoms with Crippen molar-refractivity contribution in [3.8, 4) is 11.1 Å². The number of carbonyl (C=O) groups is 1. The predicted molar refractivity (Wildman–Crippen MR) is 127 cm³/mol. The molecule has 0 saturated heterocycles. The summed E-state index contributed by atoms with van der Waals surface area (Å²) in [5.74, 6) is 0.0793. The third-order valence-corrected chi connectivity index (χ3v) is 7.07. The van der Waals surface area contributed by atoms with E-state index in [1.165, 1.54) is 27.8 Å². The van der Waals surface area contributed by atoms with E-state index in [1.807, 2.05) is 24.1 Å². The highest BCUT2D eigenvalue weighted by Gasteiger charge is 2.37. The first-order valence-corrected chi connectivity index (χ1v) is 11.6. The lowest BCUT2D eigenvalue weighted by Gasteiger charge is -2.35. The second-order valence-electron chi connectivity index (χ2n) is 9.35. The zero-order valence-electron chi connectivity index (χ0n) is 18.8. The number of aryl methyl sites for hydroxylation is 2. The van der Waals surface area contributed by atoms with Gasteiger partial charge in [0, 0.05) is 24.0 Å². The minimum Gasteiger partial charge on any atom is -0.391 e. The number of hydrogen-bond donors (Lipinski definition) is 1. The fourth-order valence-electron chi connectivity index (χ4n) is 5.23. The van der Waals surface area contributed by atoms with Crippen LogP contribution in [0.4, 0.5) is 0 Å². The molecule has 4 heteroatoms. The minimum absolute atomic E-state index is 0.0447. The first-order valence-electron chi connectivity index (χ1n) is 11.6. The molecule has 2 aromatic carbocycles. The number of pyridine rings is 1. The van der Waals surface area contributed by atoms with Gasteiger partial charge in [-0.3, -0.25) is 9.78 Å². The molecule has 2 heterocycles. The molecule has 0 unspecified atom stereocenters. The quantitative estimate of drug-likeness (QED) is 0.623. The van der Waals surface area contributed by atoms with Crippen molar-refractivity contribution in [2.45, 2.75) is 64.6 Å². The van der Waals surface area contributed by atoms with Gasteiger partial charge >= 0.3 is 0 Å². The second-order valence-corrected chi connectivity index (χ2v) is 9.35. The van der Waals surface area contributed by atoms with Crippen molar-refractivity contribution >= 4 is 5.91 Å². The zero-order chi connectivity index (χ0) is 22.2. The number of carbonyl (C=O) groups excluding carboxylic acids is 1. The smallest absolute Gasteiger partial charge is 0.254 e. The molecule has 1 aliphatic carbocycles. The lowest BCUT2D eigenvalue weighted by atomic mass is 9.91. The number of amides is 1. The number of benzene rings is 2. The molecule has 0 radical (unpaired) electrons. The number of aliphatic hydroxyl groups is 1. The van der Waals surface area contributed by atoms with Crippen molar-refractivity contribution in [3.63, 3.8) is 0 Å². The molecule has 1 fully saturated rings. The highest BCUT2D eigenvalue weighted by atomic mass is 16.3. The summed E-state index contributed by atoms with van der Waals surface area (Å²) in [5.41, 5.74) is 8.92. The average Bonchev–Trinajstić information content (AvgIpc) is 3.10. The standard InChI is InChI=1S/C28H30N2O2/c1-18-13-24-17-30(26-5-3-4-6-27(26)31)28(32)25(24)16-23(18)15-20-7-9-21(10-8-20)22-11-12-29-19(2)14-22/h7-14,16,26-27,31H,3-6,15,17H2,1-2H3/t26-,27-/m0/s1. The maximum atomic E-state index is 13.2.